The molecule has 14 heteroatoms. The van der Waals surface area contributed by atoms with Crippen LogP contribution < -0.4 is 5.32 Å². The number of hydrogen-bond donors (Lipinski definition) is 1. The predicted octanol–water partition coefficient (Wildman–Crippen LogP) is 2.69. The van der Waals surface area contributed by atoms with Gasteiger partial charge in [0.2, 0.25) is 0 Å². The summed E-state index contributed by atoms with van der Waals surface area (Å²) in [5.74, 6) is -0.676. The second-order valence-corrected chi connectivity index (χ2v) is 10.6. The summed E-state index contributed by atoms with van der Waals surface area (Å²) in [7, 11) is -2.40. The van der Waals surface area contributed by atoms with E-state index in [1.54, 1.807) is 6.92 Å². The minimum absolute atomic E-state index is 0.00918. The van der Waals surface area contributed by atoms with Crippen LogP contribution in [-0.4, -0.2) is 55.3 Å². The van der Waals surface area contributed by atoms with Crippen LogP contribution in [-0.2, 0) is 23.1 Å². The number of carbonyl (C=O) groups is 1. The lowest BCUT2D eigenvalue weighted by molar-refractivity contribution is -0.137. The van der Waals surface area contributed by atoms with Gasteiger partial charge < -0.3 is 9.88 Å². The number of amides is 1. The Hall–Kier alpha value is -3.55. The molecule has 1 aliphatic carbocycles. The Balaban J connectivity index is 1.80. The van der Waals surface area contributed by atoms with Crippen molar-refractivity contribution in [2.45, 2.75) is 43.9 Å². The lowest BCUT2D eigenvalue weighted by atomic mass is 10.2. The van der Waals surface area contributed by atoms with E-state index < -0.39 is 27.5 Å². The molecule has 4 aromatic rings. The Kier molecular flexibility index (Phi) is 5.12. The molecule has 35 heavy (non-hydrogen) atoms. The minimum atomic E-state index is -4.62. The van der Waals surface area contributed by atoms with Gasteiger partial charge in [-0.25, -0.2) is 27.9 Å². The van der Waals surface area contributed by atoms with Gasteiger partial charge in [0.05, 0.1) is 11.3 Å². The minimum Gasteiger partial charge on any atom is -0.348 e. The topological polar surface area (TPSA) is 124 Å². The number of aryl methyl sites for hydroxylation is 2. The Morgan fingerprint density at radius 2 is 1.91 bits per heavy atom. The van der Waals surface area contributed by atoms with E-state index >= 15 is 0 Å². The standard InChI is InChI=1S/C21H20F3N7O3S/c1-4-35(33,34)20-15(17-27-13-8-11(21(22,23)24)9-25-16(13)30(17)3)18-28-14(7-10(2)31(18)29-20)19(32)26-12-5-6-12/h7-9,12H,4-6H2,1-3H3,(H,26,32). The maximum Gasteiger partial charge on any atom is 0.417 e. The van der Waals surface area contributed by atoms with Crippen LogP contribution in [0.4, 0.5) is 13.2 Å². The molecule has 0 atom stereocenters. The lowest BCUT2D eigenvalue weighted by Crippen LogP contribution is -2.26. The van der Waals surface area contributed by atoms with E-state index in [0.717, 1.165) is 18.9 Å². The number of nitrogens with one attached hydrogen (secondary N) is 1. The van der Waals surface area contributed by atoms with E-state index in [0.29, 0.717) is 11.9 Å². The molecule has 0 spiro atoms. The lowest BCUT2D eigenvalue weighted by Gasteiger charge is -2.07. The van der Waals surface area contributed by atoms with Crippen LogP contribution in [0.15, 0.2) is 23.4 Å². The fourth-order valence-corrected chi connectivity index (χ4v) is 4.73. The molecule has 0 saturated heterocycles. The van der Waals surface area contributed by atoms with Crippen molar-refractivity contribution < 1.29 is 26.4 Å². The van der Waals surface area contributed by atoms with E-state index in [2.05, 4.69) is 25.4 Å². The molecule has 0 unspecified atom stereocenters. The largest absolute Gasteiger partial charge is 0.417 e. The van der Waals surface area contributed by atoms with Gasteiger partial charge in [0.25, 0.3) is 5.91 Å². The van der Waals surface area contributed by atoms with Crippen molar-refractivity contribution in [3.8, 4) is 11.4 Å². The first-order chi connectivity index (χ1) is 16.4. The first-order valence-corrected chi connectivity index (χ1v) is 12.4. The zero-order valence-electron chi connectivity index (χ0n) is 18.9. The molecule has 1 N–H and O–H groups in total. The predicted molar refractivity (Wildman–Crippen MR) is 118 cm³/mol. The fraction of sp³-hybridized carbons (Fsp3) is 0.381. The molecule has 0 aromatic carbocycles. The van der Waals surface area contributed by atoms with Gasteiger partial charge in [-0.3, -0.25) is 4.79 Å². The number of rotatable bonds is 5. The maximum atomic E-state index is 13.2. The molecule has 4 heterocycles. The van der Waals surface area contributed by atoms with Crippen molar-refractivity contribution in [1.29, 1.82) is 0 Å². The summed E-state index contributed by atoms with van der Waals surface area (Å²) in [5.41, 5.74) is -0.380. The highest BCUT2D eigenvalue weighted by molar-refractivity contribution is 7.91. The van der Waals surface area contributed by atoms with Crippen LogP contribution in [0.5, 0.6) is 0 Å². The number of sulfone groups is 1. The molecule has 1 fully saturated rings. The van der Waals surface area contributed by atoms with E-state index in [1.807, 2.05) is 0 Å². The van der Waals surface area contributed by atoms with Crippen LogP contribution in [0.1, 0.15) is 41.5 Å². The Labute approximate surface area is 197 Å². The van der Waals surface area contributed by atoms with Gasteiger partial charge in [0.1, 0.15) is 22.6 Å². The molecule has 0 radical (unpaired) electrons. The zero-order chi connectivity index (χ0) is 25.3. The third kappa shape index (κ3) is 3.90. The summed E-state index contributed by atoms with van der Waals surface area (Å²) in [5, 5.41) is 6.76. The highest BCUT2D eigenvalue weighted by atomic mass is 32.2. The summed E-state index contributed by atoms with van der Waals surface area (Å²) in [6.07, 6.45) is -2.19. The van der Waals surface area contributed by atoms with E-state index in [9.17, 15) is 26.4 Å². The number of alkyl halides is 3. The number of imidazole rings is 1. The van der Waals surface area contributed by atoms with Crippen molar-refractivity contribution in [3.05, 3.63) is 35.3 Å². The number of aromatic nitrogens is 6. The molecule has 1 amide bonds. The maximum absolute atomic E-state index is 13.2. The normalized spacial score (nSPS) is 14.7. The van der Waals surface area contributed by atoms with Crippen molar-refractivity contribution in [2.24, 2.45) is 7.05 Å². The molecule has 184 valence electrons. The molecule has 4 aromatic heterocycles. The van der Waals surface area contributed by atoms with Crippen molar-refractivity contribution in [1.82, 2.24) is 34.4 Å². The summed E-state index contributed by atoms with van der Waals surface area (Å²) >= 11 is 0. The van der Waals surface area contributed by atoms with Crippen LogP contribution in [0.25, 0.3) is 28.2 Å². The first kappa shape index (κ1) is 23.2. The van der Waals surface area contributed by atoms with E-state index in [-0.39, 0.29) is 50.7 Å². The molecular formula is C21H20F3N7O3S. The highest BCUT2D eigenvalue weighted by Gasteiger charge is 2.34. The quantitative estimate of drug-likeness (QED) is 0.440. The number of nitrogens with zero attached hydrogens (tertiary/aromatic N) is 6. The van der Waals surface area contributed by atoms with Gasteiger partial charge in [0.15, 0.2) is 26.2 Å². The second-order valence-electron chi connectivity index (χ2n) is 8.41. The van der Waals surface area contributed by atoms with Gasteiger partial charge in [-0.05, 0) is 31.9 Å². The number of carbonyl (C=O) groups excluding carboxylic acids is 1. The molecular weight excluding hydrogens is 487 g/mol. The molecule has 10 nitrogen and oxygen atoms in total. The Bertz CT molecular complexity index is 1620. The molecule has 0 bridgehead atoms. The van der Waals surface area contributed by atoms with E-state index in [1.165, 1.54) is 29.1 Å². The third-order valence-electron chi connectivity index (χ3n) is 5.81. The second kappa shape index (κ2) is 7.73. The SMILES string of the molecule is CCS(=O)(=O)c1nn2c(C)cc(C(=O)NC3CC3)nc2c1-c1nc2cc(C(F)(F)F)cnc2n1C. The molecule has 1 saturated carbocycles. The van der Waals surface area contributed by atoms with Crippen LogP contribution in [0.2, 0.25) is 0 Å². The van der Waals surface area contributed by atoms with Gasteiger partial charge in [-0.15, -0.1) is 0 Å². The van der Waals surface area contributed by atoms with Gasteiger partial charge in [0, 0.05) is 25.0 Å². The number of fused-ring (bicyclic) bond motifs is 2. The summed E-state index contributed by atoms with van der Waals surface area (Å²) in [4.78, 5) is 25.3. The highest BCUT2D eigenvalue weighted by Crippen LogP contribution is 2.35. The van der Waals surface area contributed by atoms with Crippen LogP contribution >= 0.6 is 0 Å². The fourth-order valence-electron chi connectivity index (χ4n) is 3.75. The molecule has 0 aliphatic heterocycles. The van der Waals surface area contributed by atoms with Crippen molar-refractivity contribution >= 4 is 32.6 Å². The van der Waals surface area contributed by atoms with Crippen molar-refractivity contribution in [3.63, 3.8) is 0 Å². The van der Waals surface area contributed by atoms with Gasteiger partial charge in [-0.2, -0.15) is 18.3 Å². The molecule has 5 rings (SSSR count). The summed E-state index contributed by atoms with van der Waals surface area (Å²) in [6.45, 7) is 3.10. The number of pyridine rings is 1. The van der Waals surface area contributed by atoms with E-state index in [4.69, 9.17) is 0 Å². The third-order valence-corrected chi connectivity index (χ3v) is 7.45. The smallest absolute Gasteiger partial charge is 0.348 e. The van der Waals surface area contributed by atoms with Crippen molar-refractivity contribution in [2.75, 3.05) is 5.75 Å². The van der Waals surface area contributed by atoms with Gasteiger partial charge in [-0.1, -0.05) is 6.92 Å². The first-order valence-electron chi connectivity index (χ1n) is 10.7. The van der Waals surface area contributed by atoms with Gasteiger partial charge >= 0.3 is 6.18 Å². The number of halogens is 3. The monoisotopic (exact) mass is 507 g/mol. The zero-order valence-corrected chi connectivity index (χ0v) is 19.7. The number of hydrogen-bond acceptors (Lipinski definition) is 7. The van der Waals surface area contributed by atoms with Crippen LogP contribution in [0.3, 0.4) is 0 Å². The Morgan fingerprint density at radius 3 is 2.54 bits per heavy atom. The Morgan fingerprint density at radius 1 is 1.20 bits per heavy atom. The average molecular weight is 507 g/mol. The summed E-state index contributed by atoms with van der Waals surface area (Å²) in [6, 6.07) is 2.42. The molecule has 1 aliphatic rings. The summed E-state index contributed by atoms with van der Waals surface area (Å²) < 4.78 is 68.3. The average Bonchev–Trinajstić information content (AvgIpc) is 3.43. The van der Waals surface area contributed by atoms with Crippen LogP contribution in [0, 0.1) is 6.92 Å².